The minimum absolute atomic E-state index is 0.00238. The lowest BCUT2D eigenvalue weighted by molar-refractivity contribution is 0.0944. The van der Waals surface area contributed by atoms with Crippen molar-refractivity contribution in [2.24, 2.45) is 0 Å². The fourth-order valence-corrected chi connectivity index (χ4v) is 2.18. The summed E-state index contributed by atoms with van der Waals surface area (Å²) in [6, 6.07) is 6.51. The van der Waals surface area contributed by atoms with Crippen molar-refractivity contribution < 1.29 is 13.9 Å². The van der Waals surface area contributed by atoms with Crippen LogP contribution in [-0.4, -0.2) is 43.5 Å². The molecule has 3 nitrogen and oxygen atoms in total. The summed E-state index contributed by atoms with van der Waals surface area (Å²) in [6.45, 7) is 2.27. The van der Waals surface area contributed by atoms with Crippen LogP contribution in [0.5, 0.6) is 0 Å². The van der Waals surface area contributed by atoms with Crippen LogP contribution < -0.4 is 0 Å². The van der Waals surface area contributed by atoms with Gasteiger partial charge in [0.05, 0.1) is 6.61 Å². The molecule has 104 valence electrons. The zero-order valence-electron chi connectivity index (χ0n) is 11.3. The fourth-order valence-electron chi connectivity index (χ4n) is 2.18. The molecule has 1 aromatic rings. The van der Waals surface area contributed by atoms with Gasteiger partial charge in [-0.1, -0.05) is 12.1 Å². The van der Waals surface area contributed by atoms with E-state index in [0.29, 0.717) is 24.6 Å². The van der Waals surface area contributed by atoms with Crippen LogP contribution in [0.15, 0.2) is 24.3 Å². The second-order valence-electron chi connectivity index (χ2n) is 4.94. The Bertz CT molecular complexity index is 432. The zero-order valence-corrected chi connectivity index (χ0v) is 11.3. The van der Waals surface area contributed by atoms with Crippen LogP contribution in [0.2, 0.25) is 0 Å². The second kappa shape index (κ2) is 6.78. The molecule has 1 aromatic carbocycles. The lowest BCUT2D eigenvalue weighted by Gasteiger charge is -2.20. The Balaban J connectivity index is 1.84. The van der Waals surface area contributed by atoms with E-state index in [-0.39, 0.29) is 11.6 Å². The molecule has 0 saturated heterocycles. The van der Waals surface area contributed by atoms with Crippen molar-refractivity contribution in [1.82, 2.24) is 4.90 Å². The number of ether oxygens (including phenoxy) is 1. The molecule has 1 aliphatic rings. The zero-order chi connectivity index (χ0) is 13.7. The van der Waals surface area contributed by atoms with Crippen LogP contribution in [0.25, 0.3) is 0 Å². The predicted octanol–water partition coefficient (Wildman–Crippen LogP) is 2.51. The highest BCUT2D eigenvalue weighted by Gasteiger charge is 2.28. The molecule has 2 rings (SSSR count). The number of rotatable bonds is 8. The summed E-state index contributed by atoms with van der Waals surface area (Å²) in [6.07, 6.45) is 2.85. The van der Waals surface area contributed by atoms with Crippen molar-refractivity contribution in [3.05, 3.63) is 35.6 Å². The van der Waals surface area contributed by atoms with Gasteiger partial charge in [0.2, 0.25) is 0 Å². The first-order chi connectivity index (χ1) is 9.20. The molecule has 0 aliphatic heterocycles. The monoisotopic (exact) mass is 265 g/mol. The summed E-state index contributed by atoms with van der Waals surface area (Å²) in [5.41, 5.74) is 0.461. The third-order valence-electron chi connectivity index (χ3n) is 3.42. The van der Waals surface area contributed by atoms with Crippen molar-refractivity contribution >= 4 is 5.78 Å². The van der Waals surface area contributed by atoms with Gasteiger partial charge in [0, 0.05) is 38.2 Å². The number of nitrogens with zero attached hydrogens (tertiary/aromatic N) is 1. The summed E-state index contributed by atoms with van der Waals surface area (Å²) in [5.74, 6) is -0.355. The molecule has 0 radical (unpaired) electrons. The average Bonchev–Trinajstić information content (AvgIpc) is 3.23. The Morgan fingerprint density at radius 3 is 2.84 bits per heavy atom. The molecule has 1 saturated carbocycles. The van der Waals surface area contributed by atoms with Gasteiger partial charge in [0.15, 0.2) is 5.78 Å². The molecule has 0 unspecified atom stereocenters. The number of carbonyl (C=O) groups is 1. The van der Waals surface area contributed by atoms with Gasteiger partial charge >= 0.3 is 0 Å². The summed E-state index contributed by atoms with van der Waals surface area (Å²) < 4.78 is 18.1. The van der Waals surface area contributed by atoms with Gasteiger partial charge in [-0.25, -0.2) is 4.39 Å². The van der Waals surface area contributed by atoms with E-state index in [4.69, 9.17) is 4.74 Å². The van der Waals surface area contributed by atoms with Gasteiger partial charge in [-0.05, 0) is 25.0 Å². The average molecular weight is 265 g/mol. The second-order valence-corrected chi connectivity index (χ2v) is 4.94. The van der Waals surface area contributed by atoms with E-state index in [9.17, 15) is 9.18 Å². The van der Waals surface area contributed by atoms with E-state index in [0.717, 1.165) is 13.1 Å². The van der Waals surface area contributed by atoms with Gasteiger partial charge in [-0.2, -0.15) is 0 Å². The molecule has 0 heterocycles. The lowest BCUT2D eigenvalue weighted by Crippen LogP contribution is -2.31. The van der Waals surface area contributed by atoms with Gasteiger partial charge in [-0.3, -0.25) is 9.69 Å². The van der Waals surface area contributed by atoms with Crippen LogP contribution >= 0.6 is 0 Å². The van der Waals surface area contributed by atoms with Crippen LogP contribution in [0, 0.1) is 5.82 Å². The van der Waals surface area contributed by atoms with E-state index in [2.05, 4.69) is 4.90 Å². The van der Waals surface area contributed by atoms with Gasteiger partial charge < -0.3 is 4.74 Å². The van der Waals surface area contributed by atoms with Crippen molar-refractivity contribution in [3.8, 4) is 0 Å². The minimum atomic E-state index is -0.357. The van der Waals surface area contributed by atoms with E-state index in [1.54, 1.807) is 19.2 Å². The van der Waals surface area contributed by atoms with Crippen LogP contribution in [0.4, 0.5) is 4.39 Å². The molecular formula is C15H20FNO2. The van der Waals surface area contributed by atoms with E-state index in [1.165, 1.54) is 25.0 Å². The first kappa shape index (κ1) is 14.2. The molecule has 0 N–H and O–H groups in total. The number of methoxy groups -OCH3 is 1. The number of Topliss-reactive ketones (excluding diaryl/α,β-unsaturated/α-hetero) is 1. The first-order valence-corrected chi connectivity index (χ1v) is 6.72. The van der Waals surface area contributed by atoms with Gasteiger partial charge in [-0.15, -0.1) is 0 Å². The number of hydrogen-bond donors (Lipinski definition) is 0. The van der Waals surface area contributed by atoms with E-state index < -0.39 is 0 Å². The molecule has 1 fully saturated rings. The maximum absolute atomic E-state index is 13.1. The van der Waals surface area contributed by atoms with Crippen LogP contribution in [-0.2, 0) is 4.74 Å². The van der Waals surface area contributed by atoms with Crippen LogP contribution in [0.1, 0.15) is 29.6 Å². The standard InChI is InChI=1S/C15H20FNO2/c1-19-10-9-17(14-5-6-14)8-7-15(18)12-3-2-4-13(16)11-12/h2-4,11,14H,5-10H2,1H3. The highest BCUT2D eigenvalue weighted by Crippen LogP contribution is 2.26. The highest BCUT2D eigenvalue weighted by molar-refractivity contribution is 5.96. The Hall–Kier alpha value is -1.26. The predicted molar refractivity (Wildman–Crippen MR) is 71.8 cm³/mol. The smallest absolute Gasteiger partial charge is 0.164 e. The van der Waals surface area contributed by atoms with Gasteiger partial charge in [0.1, 0.15) is 5.82 Å². The Morgan fingerprint density at radius 1 is 1.42 bits per heavy atom. The molecule has 0 spiro atoms. The van der Waals surface area contributed by atoms with Crippen molar-refractivity contribution in [2.75, 3.05) is 26.8 Å². The van der Waals surface area contributed by atoms with E-state index >= 15 is 0 Å². The molecule has 4 heteroatoms. The third-order valence-corrected chi connectivity index (χ3v) is 3.42. The molecule has 0 atom stereocenters. The van der Waals surface area contributed by atoms with Crippen LogP contribution in [0.3, 0.4) is 0 Å². The Morgan fingerprint density at radius 2 is 2.21 bits per heavy atom. The lowest BCUT2D eigenvalue weighted by atomic mass is 10.1. The molecular weight excluding hydrogens is 245 g/mol. The highest BCUT2D eigenvalue weighted by atomic mass is 19.1. The molecule has 0 aromatic heterocycles. The number of hydrogen-bond acceptors (Lipinski definition) is 3. The maximum atomic E-state index is 13.1. The van der Waals surface area contributed by atoms with E-state index in [1.807, 2.05) is 0 Å². The number of carbonyl (C=O) groups excluding carboxylic acids is 1. The first-order valence-electron chi connectivity index (χ1n) is 6.72. The SMILES string of the molecule is COCCN(CCC(=O)c1cccc(F)c1)C1CC1. The third kappa shape index (κ3) is 4.40. The normalized spacial score (nSPS) is 14.9. The summed E-state index contributed by atoms with van der Waals surface area (Å²) in [7, 11) is 1.68. The summed E-state index contributed by atoms with van der Waals surface area (Å²) in [4.78, 5) is 14.3. The van der Waals surface area contributed by atoms with Crippen molar-refractivity contribution in [3.63, 3.8) is 0 Å². The van der Waals surface area contributed by atoms with Crippen molar-refractivity contribution in [2.45, 2.75) is 25.3 Å². The maximum Gasteiger partial charge on any atom is 0.164 e. The molecule has 1 aliphatic carbocycles. The largest absolute Gasteiger partial charge is 0.383 e. The van der Waals surface area contributed by atoms with Crippen molar-refractivity contribution in [1.29, 1.82) is 0 Å². The number of ketones is 1. The molecule has 19 heavy (non-hydrogen) atoms. The minimum Gasteiger partial charge on any atom is -0.383 e. The Labute approximate surface area is 113 Å². The summed E-state index contributed by atoms with van der Waals surface area (Å²) in [5, 5.41) is 0. The quantitative estimate of drug-likeness (QED) is 0.676. The van der Waals surface area contributed by atoms with Gasteiger partial charge in [0.25, 0.3) is 0 Å². The topological polar surface area (TPSA) is 29.5 Å². The molecule has 0 amide bonds. The summed E-state index contributed by atoms with van der Waals surface area (Å²) >= 11 is 0. The number of benzene rings is 1. The Kier molecular flexibility index (Phi) is 5.05. The number of halogens is 1. The molecule has 0 bridgehead atoms. The fraction of sp³-hybridized carbons (Fsp3) is 0.533.